The molecule has 1 heterocycles. The first kappa shape index (κ1) is 24.8. The number of carbonyl (C=O) groups excluding carboxylic acids is 3. The molecule has 3 rings (SSSR count). The maximum absolute atomic E-state index is 12.5. The first-order chi connectivity index (χ1) is 15.9. The van der Waals surface area contributed by atoms with Crippen molar-refractivity contribution >= 4 is 28.8 Å². The van der Waals surface area contributed by atoms with E-state index in [0.29, 0.717) is 24.9 Å². The number of carbonyl (C=O) groups is 3. The SMILES string of the molecule is CCCCCCCC(=O)N(C)Cc1ccc(O)c(-c2ccc(CC3SC(=O)NC3=O)cc2)c1. The van der Waals surface area contributed by atoms with Gasteiger partial charge >= 0.3 is 0 Å². The third-order valence-electron chi connectivity index (χ3n) is 5.85. The van der Waals surface area contributed by atoms with Crippen LogP contribution in [-0.4, -0.2) is 39.4 Å². The summed E-state index contributed by atoms with van der Waals surface area (Å²) in [5.41, 5.74) is 3.44. The van der Waals surface area contributed by atoms with Gasteiger partial charge in [0.1, 0.15) is 5.75 Å². The summed E-state index contributed by atoms with van der Waals surface area (Å²) in [7, 11) is 1.82. The number of phenols is 1. The largest absolute Gasteiger partial charge is 0.507 e. The fourth-order valence-electron chi connectivity index (χ4n) is 3.91. The van der Waals surface area contributed by atoms with Gasteiger partial charge in [0.25, 0.3) is 5.24 Å². The summed E-state index contributed by atoms with van der Waals surface area (Å²) < 4.78 is 0. The Morgan fingerprint density at radius 3 is 2.39 bits per heavy atom. The zero-order valence-electron chi connectivity index (χ0n) is 19.3. The van der Waals surface area contributed by atoms with Gasteiger partial charge in [0.2, 0.25) is 11.8 Å². The number of benzene rings is 2. The van der Waals surface area contributed by atoms with Gasteiger partial charge < -0.3 is 10.0 Å². The summed E-state index contributed by atoms with van der Waals surface area (Å²) >= 11 is 1.02. The minimum absolute atomic E-state index is 0.137. The molecule has 1 unspecified atom stereocenters. The molecule has 1 atom stereocenters. The van der Waals surface area contributed by atoms with Gasteiger partial charge in [0.15, 0.2) is 0 Å². The van der Waals surface area contributed by atoms with Gasteiger partial charge in [0.05, 0.1) is 5.25 Å². The van der Waals surface area contributed by atoms with E-state index in [1.54, 1.807) is 11.0 Å². The highest BCUT2D eigenvalue weighted by Crippen LogP contribution is 2.31. The maximum atomic E-state index is 12.5. The number of amides is 3. The Hall–Kier alpha value is -2.80. The highest BCUT2D eigenvalue weighted by atomic mass is 32.2. The predicted molar refractivity (Wildman–Crippen MR) is 132 cm³/mol. The van der Waals surface area contributed by atoms with E-state index in [4.69, 9.17) is 0 Å². The Labute approximate surface area is 199 Å². The average molecular weight is 469 g/mol. The van der Waals surface area contributed by atoms with Crippen molar-refractivity contribution in [1.29, 1.82) is 0 Å². The van der Waals surface area contributed by atoms with Crippen LogP contribution < -0.4 is 5.32 Å². The van der Waals surface area contributed by atoms with Crippen LogP contribution in [0, 0.1) is 0 Å². The van der Waals surface area contributed by atoms with Crippen molar-refractivity contribution in [2.45, 2.75) is 63.7 Å². The lowest BCUT2D eigenvalue weighted by Gasteiger charge is -2.18. The first-order valence-corrected chi connectivity index (χ1v) is 12.4. The average Bonchev–Trinajstić information content (AvgIpc) is 3.11. The van der Waals surface area contributed by atoms with E-state index in [-0.39, 0.29) is 22.8 Å². The van der Waals surface area contributed by atoms with Gasteiger partial charge in [0, 0.05) is 25.6 Å². The van der Waals surface area contributed by atoms with Crippen molar-refractivity contribution in [3.05, 3.63) is 53.6 Å². The van der Waals surface area contributed by atoms with E-state index in [0.717, 1.165) is 41.3 Å². The van der Waals surface area contributed by atoms with Gasteiger partial charge in [-0.15, -0.1) is 0 Å². The van der Waals surface area contributed by atoms with Crippen LogP contribution in [0.3, 0.4) is 0 Å². The molecule has 2 aromatic carbocycles. The molecule has 0 radical (unpaired) electrons. The Kier molecular flexibility index (Phi) is 8.95. The zero-order valence-corrected chi connectivity index (χ0v) is 20.1. The lowest BCUT2D eigenvalue weighted by Crippen LogP contribution is -2.25. The number of rotatable bonds is 11. The number of hydrogen-bond donors (Lipinski definition) is 2. The fraction of sp³-hybridized carbons (Fsp3) is 0.423. The van der Waals surface area contributed by atoms with Gasteiger partial charge in [-0.2, -0.15) is 0 Å². The number of thioether (sulfide) groups is 1. The van der Waals surface area contributed by atoms with Crippen LogP contribution in [0.25, 0.3) is 11.1 Å². The number of nitrogens with zero attached hydrogens (tertiary/aromatic N) is 1. The van der Waals surface area contributed by atoms with E-state index < -0.39 is 5.25 Å². The Morgan fingerprint density at radius 1 is 1.03 bits per heavy atom. The number of aromatic hydroxyl groups is 1. The maximum Gasteiger partial charge on any atom is 0.286 e. The highest BCUT2D eigenvalue weighted by molar-refractivity contribution is 8.15. The molecule has 0 bridgehead atoms. The highest BCUT2D eigenvalue weighted by Gasteiger charge is 2.31. The van der Waals surface area contributed by atoms with Crippen molar-refractivity contribution in [2.24, 2.45) is 0 Å². The standard InChI is InChI=1S/C26H32N2O4S/c1-3-4-5-6-7-8-24(30)28(2)17-19-11-14-22(29)21(15-19)20-12-9-18(10-13-20)16-23-25(31)27-26(32)33-23/h9-15,23,29H,3-8,16-17H2,1-2H3,(H,27,31,32). The van der Waals surface area contributed by atoms with Crippen LogP contribution in [-0.2, 0) is 22.6 Å². The zero-order chi connectivity index (χ0) is 23.8. The molecule has 1 aliphatic rings. The van der Waals surface area contributed by atoms with Crippen molar-refractivity contribution in [2.75, 3.05) is 7.05 Å². The van der Waals surface area contributed by atoms with Gasteiger partial charge in [-0.1, -0.05) is 74.7 Å². The summed E-state index contributed by atoms with van der Waals surface area (Å²) in [5.74, 6) is 0.0598. The topological polar surface area (TPSA) is 86.7 Å². The molecule has 1 fully saturated rings. The van der Waals surface area contributed by atoms with Gasteiger partial charge in [-0.05, 0) is 41.7 Å². The Morgan fingerprint density at radius 2 is 1.73 bits per heavy atom. The lowest BCUT2D eigenvalue weighted by atomic mass is 9.99. The molecule has 176 valence electrons. The van der Waals surface area contributed by atoms with E-state index in [2.05, 4.69) is 12.2 Å². The lowest BCUT2D eigenvalue weighted by molar-refractivity contribution is -0.130. The molecule has 1 aliphatic heterocycles. The van der Waals surface area contributed by atoms with Gasteiger partial charge in [-0.25, -0.2) is 0 Å². The van der Waals surface area contributed by atoms with Gasteiger partial charge in [-0.3, -0.25) is 19.7 Å². The van der Waals surface area contributed by atoms with Crippen LogP contribution in [0.15, 0.2) is 42.5 Å². The van der Waals surface area contributed by atoms with Crippen molar-refractivity contribution in [3.8, 4) is 16.9 Å². The van der Waals surface area contributed by atoms with Crippen LogP contribution in [0.2, 0.25) is 0 Å². The molecule has 1 saturated heterocycles. The normalized spacial score (nSPS) is 15.5. The number of unbranched alkanes of at least 4 members (excludes halogenated alkanes) is 4. The van der Waals surface area contributed by atoms with E-state index in [1.165, 1.54) is 19.3 Å². The number of hydrogen-bond acceptors (Lipinski definition) is 5. The number of imide groups is 1. The minimum atomic E-state index is -0.403. The fourth-order valence-corrected chi connectivity index (χ4v) is 4.77. The van der Waals surface area contributed by atoms with E-state index >= 15 is 0 Å². The second-order valence-corrected chi connectivity index (χ2v) is 9.73. The minimum Gasteiger partial charge on any atom is -0.507 e. The third-order valence-corrected chi connectivity index (χ3v) is 6.84. The van der Waals surface area contributed by atoms with Crippen LogP contribution in [0.5, 0.6) is 5.75 Å². The Bertz CT molecular complexity index is 990. The van der Waals surface area contributed by atoms with Crippen molar-refractivity contribution in [3.63, 3.8) is 0 Å². The summed E-state index contributed by atoms with van der Waals surface area (Å²) in [4.78, 5) is 37.3. The van der Waals surface area contributed by atoms with E-state index in [9.17, 15) is 19.5 Å². The van der Waals surface area contributed by atoms with Crippen LogP contribution >= 0.6 is 11.8 Å². The summed E-state index contributed by atoms with van der Waals surface area (Å²) in [6.07, 6.45) is 6.64. The second kappa shape index (κ2) is 11.9. The molecule has 3 amide bonds. The van der Waals surface area contributed by atoms with Crippen molar-refractivity contribution in [1.82, 2.24) is 10.2 Å². The second-order valence-electron chi connectivity index (χ2n) is 8.55. The van der Waals surface area contributed by atoms with Crippen LogP contribution in [0.1, 0.15) is 56.6 Å². The molecule has 2 aromatic rings. The van der Waals surface area contributed by atoms with Crippen LogP contribution in [0.4, 0.5) is 4.79 Å². The molecule has 0 spiro atoms. The quantitative estimate of drug-likeness (QED) is 0.439. The molecule has 6 nitrogen and oxygen atoms in total. The molecular formula is C26H32N2O4S. The Balaban J connectivity index is 1.61. The molecule has 0 aliphatic carbocycles. The summed E-state index contributed by atoms with van der Waals surface area (Å²) in [6, 6.07) is 13.0. The van der Waals surface area contributed by atoms with E-state index in [1.807, 2.05) is 43.4 Å². The molecule has 7 heteroatoms. The predicted octanol–water partition coefficient (Wildman–Crippen LogP) is 5.27. The molecule has 0 aromatic heterocycles. The van der Waals surface area contributed by atoms with Crippen molar-refractivity contribution < 1.29 is 19.5 Å². The smallest absolute Gasteiger partial charge is 0.286 e. The first-order valence-electron chi connectivity index (χ1n) is 11.5. The molecule has 33 heavy (non-hydrogen) atoms. The molecule has 2 N–H and O–H groups in total. The number of nitrogens with one attached hydrogen (secondary N) is 1. The third kappa shape index (κ3) is 7.09. The summed E-state index contributed by atoms with van der Waals surface area (Å²) in [6.45, 7) is 2.67. The molecule has 0 saturated carbocycles. The monoisotopic (exact) mass is 468 g/mol. The summed E-state index contributed by atoms with van der Waals surface area (Å²) in [5, 5.41) is 12.0. The number of phenolic OH excluding ortho intramolecular Hbond substituents is 1. The molecular weight excluding hydrogens is 436 g/mol.